The summed E-state index contributed by atoms with van der Waals surface area (Å²) < 4.78 is 38.4. The molecule has 0 saturated carbocycles. The summed E-state index contributed by atoms with van der Waals surface area (Å²) in [5.41, 5.74) is 3.67. The fraction of sp³-hybridized carbons (Fsp3) is 0.211. The maximum atomic E-state index is 13.7. The van der Waals surface area contributed by atoms with E-state index < -0.39 is 21.9 Å². The fourth-order valence-corrected chi connectivity index (χ4v) is 6.57. The molecule has 10 heteroatoms. The summed E-state index contributed by atoms with van der Waals surface area (Å²) in [6, 6.07) is 33.9. The monoisotopic (exact) mass is 684 g/mol. The Morgan fingerprint density at radius 3 is 2.17 bits per heavy atom. The third kappa shape index (κ3) is 9.29. The first-order valence-electron chi connectivity index (χ1n) is 15.6. The minimum Gasteiger partial charge on any atom is -0.488 e. The second-order valence-electron chi connectivity index (χ2n) is 11.2. The number of carbonyl (C=O) groups excluding carboxylic acids is 1. The van der Waals surface area contributed by atoms with E-state index in [0.29, 0.717) is 36.8 Å². The number of rotatable bonds is 15. The second-order valence-corrected chi connectivity index (χ2v) is 13.5. The van der Waals surface area contributed by atoms with Crippen LogP contribution in [0.1, 0.15) is 45.6 Å². The number of pyridine rings is 1. The van der Waals surface area contributed by atoms with Gasteiger partial charge >= 0.3 is 5.97 Å². The van der Waals surface area contributed by atoms with Crippen molar-refractivity contribution in [3.05, 3.63) is 154 Å². The first kappa shape index (κ1) is 34.8. The van der Waals surface area contributed by atoms with Crippen molar-refractivity contribution < 1.29 is 27.8 Å². The van der Waals surface area contributed by atoms with Gasteiger partial charge in [0.2, 0.25) is 9.84 Å². The Hall–Kier alpha value is -4.54. The third-order valence-electron chi connectivity index (χ3n) is 7.76. The van der Waals surface area contributed by atoms with E-state index in [2.05, 4.69) is 9.88 Å². The molecule has 0 saturated heterocycles. The number of halogens is 1. The van der Waals surface area contributed by atoms with Gasteiger partial charge in [0.25, 0.3) is 0 Å². The van der Waals surface area contributed by atoms with Crippen molar-refractivity contribution in [1.29, 1.82) is 0 Å². The third-order valence-corrected chi connectivity index (χ3v) is 9.75. The smallest absolute Gasteiger partial charge is 0.341 e. The van der Waals surface area contributed by atoms with Gasteiger partial charge in [0.1, 0.15) is 23.1 Å². The standard InChI is InChI=1S/C38H37ClN2O6S/c1-2-46-38(43)34-23-33(18-19-36(34)47-27-30-11-7-4-8-12-30)48(44,45)32-16-13-28(14-17-32)21-22-41(25-29-9-5-3-6-10-29)26-35(42)31-15-20-37(39)40-24-31/h3-20,23-24,35,42H,2,21-22,25-27H2,1H3/t35-/m1/s1. The number of hydrogen-bond donors (Lipinski definition) is 1. The number of aliphatic hydroxyl groups is 1. The minimum atomic E-state index is -3.95. The highest BCUT2D eigenvalue weighted by molar-refractivity contribution is 7.91. The molecule has 0 spiro atoms. The van der Waals surface area contributed by atoms with Crippen molar-refractivity contribution in [3.8, 4) is 5.75 Å². The van der Waals surface area contributed by atoms with E-state index in [1.54, 1.807) is 49.5 Å². The molecule has 0 aliphatic heterocycles. The zero-order chi connectivity index (χ0) is 33.9. The number of aromatic nitrogens is 1. The molecular weight excluding hydrogens is 648 g/mol. The Labute approximate surface area is 286 Å². The molecule has 0 radical (unpaired) electrons. The van der Waals surface area contributed by atoms with Gasteiger partial charge in [-0.3, -0.25) is 4.90 Å². The molecule has 8 nitrogen and oxygen atoms in total. The largest absolute Gasteiger partial charge is 0.488 e. The first-order valence-corrected chi connectivity index (χ1v) is 17.5. The molecule has 5 rings (SSSR count). The highest BCUT2D eigenvalue weighted by Crippen LogP contribution is 2.29. The molecule has 1 heterocycles. The predicted octanol–water partition coefficient (Wildman–Crippen LogP) is 7.10. The van der Waals surface area contributed by atoms with Crippen LogP contribution in [0.4, 0.5) is 0 Å². The molecule has 1 aromatic heterocycles. The van der Waals surface area contributed by atoms with Gasteiger partial charge in [-0.25, -0.2) is 18.2 Å². The highest BCUT2D eigenvalue weighted by Gasteiger charge is 2.23. The molecule has 1 N–H and O–H groups in total. The summed E-state index contributed by atoms with van der Waals surface area (Å²) in [6.07, 6.45) is 1.44. The lowest BCUT2D eigenvalue weighted by Crippen LogP contribution is -2.30. The lowest BCUT2D eigenvalue weighted by atomic mass is 10.1. The molecule has 0 fully saturated rings. The minimum absolute atomic E-state index is 0.0370. The summed E-state index contributed by atoms with van der Waals surface area (Å²) in [5, 5.41) is 11.3. The van der Waals surface area contributed by atoms with E-state index in [1.807, 2.05) is 60.7 Å². The molecule has 0 aliphatic rings. The van der Waals surface area contributed by atoms with Crippen LogP contribution in [0.15, 0.2) is 131 Å². The van der Waals surface area contributed by atoms with Crippen molar-refractivity contribution in [2.75, 3.05) is 19.7 Å². The zero-order valence-electron chi connectivity index (χ0n) is 26.5. The van der Waals surface area contributed by atoms with Crippen molar-refractivity contribution in [2.45, 2.75) is 42.4 Å². The summed E-state index contributed by atoms with van der Waals surface area (Å²) in [5.74, 6) is -0.422. The van der Waals surface area contributed by atoms with Crippen LogP contribution in [-0.4, -0.2) is 49.1 Å². The molecule has 4 aromatic carbocycles. The zero-order valence-corrected chi connectivity index (χ0v) is 28.1. The van der Waals surface area contributed by atoms with Crippen molar-refractivity contribution in [2.24, 2.45) is 0 Å². The van der Waals surface area contributed by atoms with E-state index in [4.69, 9.17) is 21.1 Å². The van der Waals surface area contributed by atoms with Crippen molar-refractivity contribution >= 4 is 27.4 Å². The molecular formula is C38H37ClN2O6S. The molecule has 48 heavy (non-hydrogen) atoms. The van der Waals surface area contributed by atoms with Gasteiger partial charge in [-0.1, -0.05) is 90.5 Å². The average Bonchev–Trinajstić information content (AvgIpc) is 3.11. The van der Waals surface area contributed by atoms with Gasteiger partial charge in [0, 0.05) is 31.4 Å². The van der Waals surface area contributed by atoms with Crippen LogP contribution in [0.3, 0.4) is 0 Å². The van der Waals surface area contributed by atoms with Gasteiger partial charge in [-0.2, -0.15) is 0 Å². The fourth-order valence-electron chi connectivity index (χ4n) is 5.18. The number of ether oxygens (including phenoxy) is 2. The van der Waals surface area contributed by atoms with Gasteiger partial charge in [-0.15, -0.1) is 0 Å². The van der Waals surface area contributed by atoms with Crippen LogP contribution in [0, 0.1) is 0 Å². The number of aliphatic hydroxyl groups excluding tert-OH is 1. The van der Waals surface area contributed by atoms with E-state index in [-0.39, 0.29) is 34.3 Å². The molecule has 5 aromatic rings. The highest BCUT2D eigenvalue weighted by atomic mass is 35.5. The number of sulfone groups is 1. The van der Waals surface area contributed by atoms with Crippen LogP contribution in [0.5, 0.6) is 5.75 Å². The Kier molecular flexibility index (Phi) is 12.0. The molecule has 1 atom stereocenters. The lowest BCUT2D eigenvalue weighted by Gasteiger charge is -2.25. The quantitative estimate of drug-likeness (QED) is 0.0920. The number of esters is 1. The normalized spacial score (nSPS) is 12.1. The number of benzene rings is 4. The average molecular weight is 685 g/mol. The van der Waals surface area contributed by atoms with E-state index in [9.17, 15) is 18.3 Å². The SMILES string of the molecule is CCOC(=O)c1cc(S(=O)(=O)c2ccc(CCN(Cc3ccccc3)C[C@@H](O)c3ccc(Cl)nc3)cc2)ccc1OCc1ccccc1. The molecule has 0 bridgehead atoms. The molecule has 0 amide bonds. The van der Waals surface area contributed by atoms with Gasteiger partial charge < -0.3 is 14.6 Å². The second kappa shape index (κ2) is 16.5. The van der Waals surface area contributed by atoms with E-state index >= 15 is 0 Å². The van der Waals surface area contributed by atoms with Crippen LogP contribution < -0.4 is 4.74 Å². The lowest BCUT2D eigenvalue weighted by molar-refractivity contribution is 0.0521. The maximum absolute atomic E-state index is 13.7. The Morgan fingerprint density at radius 2 is 1.52 bits per heavy atom. The van der Waals surface area contributed by atoms with Crippen LogP contribution in [0.25, 0.3) is 0 Å². The summed E-state index contributed by atoms with van der Waals surface area (Å²) in [4.78, 5) is 19.1. The van der Waals surface area contributed by atoms with Crippen molar-refractivity contribution in [3.63, 3.8) is 0 Å². The molecule has 0 aliphatic carbocycles. The van der Waals surface area contributed by atoms with Gasteiger partial charge in [0.15, 0.2) is 0 Å². The number of carbonyl (C=O) groups is 1. The van der Waals surface area contributed by atoms with Crippen LogP contribution >= 0.6 is 11.6 Å². The topological polar surface area (TPSA) is 106 Å². The maximum Gasteiger partial charge on any atom is 0.341 e. The summed E-state index contributed by atoms with van der Waals surface area (Å²) >= 11 is 5.92. The summed E-state index contributed by atoms with van der Waals surface area (Å²) in [6.45, 7) is 3.64. The van der Waals surface area contributed by atoms with Crippen LogP contribution in [0.2, 0.25) is 5.15 Å². The Morgan fingerprint density at radius 1 is 0.854 bits per heavy atom. The summed E-state index contributed by atoms with van der Waals surface area (Å²) in [7, 11) is -3.95. The van der Waals surface area contributed by atoms with E-state index in [0.717, 1.165) is 16.7 Å². The first-order chi connectivity index (χ1) is 23.2. The number of nitrogens with zero attached hydrogens (tertiary/aromatic N) is 2. The van der Waals surface area contributed by atoms with Gasteiger partial charge in [-0.05, 0) is 66.4 Å². The molecule has 0 unspecified atom stereocenters. The van der Waals surface area contributed by atoms with Crippen LogP contribution in [-0.2, 0) is 34.1 Å². The van der Waals surface area contributed by atoms with Gasteiger partial charge in [0.05, 0.1) is 22.5 Å². The van der Waals surface area contributed by atoms with Crippen molar-refractivity contribution in [1.82, 2.24) is 9.88 Å². The van der Waals surface area contributed by atoms with E-state index in [1.165, 1.54) is 18.2 Å². The Bertz CT molecular complexity index is 1890. The Balaban J connectivity index is 1.30. The molecule has 248 valence electrons. The number of hydrogen-bond acceptors (Lipinski definition) is 8. The predicted molar refractivity (Wildman–Crippen MR) is 185 cm³/mol.